The molecule has 1 aliphatic rings. The van der Waals surface area contributed by atoms with Gasteiger partial charge in [0.05, 0.1) is 0 Å². The maximum Gasteiger partial charge on any atom is 0.0143 e. The molecule has 5 nitrogen and oxygen atoms in total. The van der Waals surface area contributed by atoms with Crippen LogP contribution in [0, 0.1) is 0 Å². The lowest BCUT2D eigenvalue weighted by Crippen LogP contribution is -2.31. The van der Waals surface area contributed by atoms with E-state index in [1.54, 1.807) is 0 Å². The van der Waals surface area contributed by atoms with Gasteiger partial charge in [-0.05, 0) is 34.0 Å². The zero-order valence-corrected chi connectivity index (χ0v) is 12.3. The number of hydrogen-bond donors (Lipinski definition) is 4. The van der Waals surface area contributed by atoms with Gasteiger partial charge in [-0.25, -0.2) is 5.01 Å². The van der Waals surface area contributed by atoms with Crippen LogP contribution in [0.5, 0.6) is 0 Å². The average molecular weight is 249 g/mol. The highest BCUT2D eigenvalue weighted by atomic mass is 15.5. The van der Waals surface area contributed by atoms with Gasteiger partial charge in [0, 0.05) is 19.6 Å². The second kappa shape index (κ2) is 24.9. The summed E-state index contributed by atoms with van der Waals surface area (Å²) >= 11 is 0. The summed E-state index contributed by atoms with van der Waals surface area (Å²) < 4.78 is 0. The highest BCUT2D eigenvalue weighted by molar-refractivity contribution is 4.61. The fourth-order valence-electron chi connectivity index (χ4n) is 1.51. The minimum Gasteiger partial charge on any atom is -0.333 e. The third kappa shape index (κ3) is 18.4. The van der Waals surface area contributed by atoms with Crippen molar-refractivity contribution in [2.45, 2.75) is 39.0 Å². The van der Waals surface area contributed by atoms with E-state index in [0.29, 0.717) is 0 Å². The number of rotatable bonds is 5. The summed E-state index contributed by atoms with van der Waals surface area (Å²) in [7, 11) is 4.50. The Morgan fingerprint density at radius 2 is 1.53 bits per heavy atom. The number of nitrogens with two attached hydrogens (primary N) is 3. The van der Waals surface area contributed by atoms with E-state index in [1.165, 1.54) is 72.9 Å². The molecule has 0 radical (unpaired) electrons. The van der Waals surface area contributed by atoms with E-state index < -0.39 is 0 Å². The van der Waals surface area contributed by atoms with Crippen molar-refractivity contribution in [1.29, 1.82) is 0 Å². The van der Waals surface area contributed by atoms with Crippen molar-refractivity contribution in [3.8, 4) is 0 Å². The molecule has 1 fully saturated rings. The number of unbranched alkanes of at least 4 members (excludes halogenated alkanes) is 3. The first-order valence-electron chi connectivity index (χ1n) is 6.65. The third-order valence-corrected chi connectivity index (χ3v) is 2.22. The molecule has 17 heavy (non-hydrogen) atoms. The Morgan fingerprint density at radius 3 is 1.94 bits per heavy atom. The van der Waals surface area contributed by atoms with Crippen molar-refractivity contribution < 1.29 is 0 Å². The Bertz CT molecular complexity index is 94.9. The molecule has 1 heterocycles. The van der Waals surface area contributed by atoms with E-state index in [4.69, 9.17) is 0 Å². The van der Waals surface area contributed by atoms with Crippen LogP contribution in [0.4, 0.5) is 0 Å². The molecule has 0 unspecified atom stereocenters. The molecule has 0 aromatic rings. The Labute approximate surface area is 108 Å². The molecule has 7 N–H and O–H groups in total. The van der Waals surface area contributed by atoms with Crippen LogP contribution in [0.15, 0.2) is 0 Å². The summed E-state index contributed by atoms with van der Waals surface area (Å²) in [5.74, 6) is 0. The molecule has 0 bridgehead atoms. The molecular formula is C12H35N5. The van der Waals surface area contributed by atoms with Gasteiger partial charge in [-0.1, -0.05) is 26.2 Å². The molecule has 5 heteroatoms. The lowest BCUT2D eigenvalue weighted by atomic mass is 10.2. The smallest absolute Gasteiger partial charge is 0.0143 e. The standard InChI is InChI=1S/C9H20N2.3CH5N/c1-2-3-4-5-8-11-9-6-7-10-11;3*1-2/h10H,2-9H2,1H3;3*2H2,1H3. The molecule has 0 aliphatic carbocycles. The van der Waals surface area contributed by atoms with Crippen LogP contribution in [0.2, 0.25) is 0 Å². The van der Waals surface area contributed by atoms with E-state index in [1.807, 2.05) is 0 Å². The average Bonchev–Trinajstić information content (AvgIpc) is 2.95. The first-order valence-corrected chi connectivity index (χ1v) is 6.65. The molecule has 0 atom stereocenters. The Hall–Kier alpha value is -0.200. The zero-order chi connectivity index (χ0) is 13.9. The zero-order valence-electron chi connectivity index (χ0n) is 12.3. The van der Waals surface area contributed by atoms with Gasteiger partial charge in [-0.2, -0.15) is 0 Å². The quantitative estimate of drug-likeness (QED) is 0.533. The molecule has 1 aliphatic heterocycles. The van der Waals surface area contributed by atoms with E-state index in [-0.39, 0.29) is 0 Å². The minimum atomic E-state index is 1.19. The highest BCUT2D eigenvalue weighted by Gasteiger charge is 2.08. The second-order valence-electron chi connectivity index (χ2n) is 3.31. The Morgan fingerprint density at radius 1 is 0.941 bits per heavy atom. The lowest BCUT2D eigenvalue weighted by Gasteiger charge is -2.13. The van der Waals surface area contributed by atoms with E-state index in [9.17, 15) is 0 Å². The number of hydrogen-bond acceptors (Lipinski definition) is 5. The SMILES string of the molecule is CCCCCCN1CCCN1.CN.CN.CN. The van der Waals surface area contributed by atoms with Crippen LogP contribution in [-0.2, 0) is 0 Å². The molecule has 108 valence electrons. The molecule has 0 aromatic heterocycles. The van der Waals surface area contributed by atoms with Crippen molar-refractivity contribution in [2.24, 2.45) is 17.2 Å². The van der Waals surface area contributed by atoms with E-state index in [0.717, 1.165) is 0 Å². The van der Waals surface area contributed by atoms with Gasteiger partial charge in [0.25, 0.3) is 0 Å². The fourth-order valence-corrected chi connectivity index (χ4v) is 1.51. The maximum atomic E-state index is 4.50. The van der Waals surface area contributed by atoms with Crippen molar-refractivity contribution >= 4 is 0 Å². The molecule has 0 aromatic carbocycles. The van der Waals surface area contributed by atoms with Crippen molar-refractivity contribution in [2.75, 3.05) is 40.8 Å². The molecule has 1 rings (SSSR count). The van der Waals surface area contributed by atoms with Crippen LogP contribution in [0.3, 0.4) is 0 Å². The molecule has 0 amide bonds. The van der Waals surface area contributed by atoms with Crippen LogP contribution in [0.1, 0.15) is 39.0 Å². The van der Waals surface area contributed by atoms with Crippen LogP contribution < -0.4 is 22.6 Å². The van der Waals surface area contributed by atoms with Gasteiger partial charge in [-0.15, -0.1) is 0 Å². The summed E-state index contributed by atoms with van der Waals surface area (Å²) in [6.07, 6.45) is 6.82. The van der Waals surface area contributed by atoms with Crippen molar-refractivity contribution in [3.63, 3.8) is 0 Å². The van der Waals surface area contributed by atoms with Crippen LogP contribution in [-0.4, -0.2) is 45.8 Å². The maximum absolute atomic E-state index is 4.50. The third-order valence-electron chi connectivity index (χ3n) is 2.22. The fraction of sp³-hybridized carbons (Fsp3) is 1.00. The first kappa shape index (κ1) is 22.0. The van der Waals surface area contributed by atoms with E-state index in [2.05, 4.69) is 34.6 Å². The van der Waals surface area contributed by atoms with Crippen LogP contribution in [0.25, 0.3) is 0 Å². The van der Waals surface area contributed by atoms with Gasteiger partial charge < -0.3 is 17.2 Å². The molecule has 1 saturated heterocycles. The Balaban J connectivity index is -0.000000285. The Kier molecular flexibility index (Phi) is 32.2. The van der Waals surface area contributed by atoms with Gasteiger partial charge in [-0.3, -0.25) is 5.43 Å². The topological polar surface area (TPSA) is 93.3 Å². The summed E-state index contributed by atoms with van der Waals surface area (Å²) in [6.45, 7) is 5.95. The summed E-state index contributed by atoms with van der Waals surface area (Å²) in [6, 6.07) is 0. The van der Waals surface area contributed by atoms with Crippen molar-refractivity contribution in [3.05, 3.63) is 0 Å². The lowest BCUT2D eigenvalue weighted by molar-refractivity contribution is 0.247. The van der Waals surface area contributed by atoms with Crippen molar-refractivity contribution in [1.82, 2.24) is 10.4 Å². The van der Waals surface area contributed by atoms with Gasteiger partial charge in [0.15, 0.2) is 0 Å². The molecular weight excluding hydrogens is 214 g/mol. The largest absolute Gasteiger partial charge is 0.333 e. The van der Waals surface area contributed by atoms with E-state index >= 15 is 0 Å². The normalized spacial score (nSPS) is 13.6. The minimum absolute atomic E-state index is 1.19. The molecule has 0 spiro atoms. The van der Waals surface area contributed by atoms with Gasteiger partial charge in [0.2, 0.25) is 0 Å². The second-order valence-corrected chi connectivity index (χ2v) is 3.31. The first-order chi connectivity index (χ1) is 8.43. The summed E-state index contributed by atoms with van der Waals surface area (Å²) in [5.41, 5.74) is 16.9. The highest BCUT2D eigenvalue weighted by Crippen LogP contribution is 2.02. The molecule has 0 saturated carbocycles. The monoisotopic (exact) mass is 249 g/mol. The predicted octanol–water partition coefficient (Wildman–Crippen LogP) is 0.502. The van der Waals surface area contributed by atoms with Crippen LogP contribution >= 0.6 is 0 Å². The van der Waals surface area contributed by atoms with Gasteiger partial charge in [0.1, 0.15) is 0 Å². The summed E-state index contributed by atoms with van der Waals surface area (Å²) in [5, 5.41) is 2.36. The number of nitrogens with zero attached hydrogens (tertiary/aromatic N) is 1. The van der Waals surface area contributed by atoms with Gasteiger partial charge >= 0.3 is 0 Å². The number of hydrazine groups is 1. The summed E-state index contributed by atoms with van der Waals surface area (Å²) in [4.78, 5) is 0. The predicted molar refractivity (Wildman–Crippen MR) is 78.7 cm³/mol. The number of nitrogens with one attached hydrogen (secondary N) is 1.